The molecule has 1 aromatic rings. The third kappa shape index (κ3) is 3.51. The van der Waals surface area contributed by atoms with Gasteiger partial charge in [-0.05, 0) is 12.1 Å². The Morgan fingerprint density at radius 3 is 3.00 bits per heavy atom. The van der Waals surface area contributed by atoms with Crippen molar-refractivity contribution in [1.29, 1.82) is 0 Å². The monoisotopic (exact) mass is 179 g/mol. The number of rotatable bonds is 3. The Kier molecular flexibility index (Phi) is 5.19. The average Bonchev–Trinajstić information content (AvgIpc) is 2.15. The van der Waals surface area contributed by atoms with Crippen LogP contribution < -0.4 is 0 Å². The van der Waals surface area contributed by atoms with E-state index in [1.807, 2.05) is 0 Å². The zero-order valence-electron chi connectivity index (χ0n) is 6.56. The molecule has 0 spiro atoms. The van der Waals surface area contributed by atoms with Gasteiger partial charge in [0, 0.05) is 12.4 Å². The van der Waals surface area contributed by atoms with Crippen LogP contribution >= 0.6 is 0 Å². The molecule has 0 saturated heterocycles. The average molecular weight is 179 g/mol. The lowest BCUT2D eigenvalue weighted by molar-refractivity contribution is 0.0549. The number of pyridine rings is 1. The number of hydrogen-bond acceptors (Lipinski definition) is 3. The van der Waals surface area contributed by atoms with Gasteiger partial charge in [-0.2, -0.15) is 0 Å². The smallest absolute Gasteiger partial charge is 0.340 e. The lowest BCUT2D eigenvalue weighted by atomic mass is 10.3. The second-order valence-electron chi connectivity index (χ2n) is 2.13. The highest BCUT2D eigenvalue weighted by Crippen LogP contribution is 1.97. The zero-order valence-corrected chi connectivity index (χ0v) is 6.56. The van der Waals surface area contributed by atoms with Crippen LogP contribution in [-0.2, 0) is 4.74 Å². The van der Waals surface area contributed by atoms with E-state index in [-0.39, 0.29) is 20.0 Å². The summed E-state index contributed by atoms with van der Waals surface area (Å²) >= 11 is 0. The van der Waals surface area contributed by atoms with Crippen molar-refractivity contribution in [1.82, 2.24) is 4.98 Å². The first-order chi connectivity index (χ1) is 5.84. The molecule has 70 valence electrons. The first-order valence-corrected chi connectivity index (χ1v) is 3.52. The minimum absolute atomic E-state index is 0. The molecule has 0 atom stereocenters. The summed E-state index contributed by atoms with van der Waals surface area (Å²) in [6.07, 6.45) is 4.59. The van der Waals surface area contributed by atoms with Crippen LogP contribution in [-0.4, -0.2) is 17.6 Å². The molecule has 0 aliphatic carbocycles. The molecule has 0 aliphatic heterocycles. The molecular weight excluding hydrogens is 166 g/mol. The van der Waals surface area contributed by atoms with Gasteiger partial charge in [0.05, 0.1) is 5.56 Å². The van der Waals surface area contributed by atoms with E-state index >= 15 is 0 Å². The number of aromatic nitrogens is 1. The topological polar surface area (TPSA) is 39.2 Å². The first kappa shape index (κ1) is 11.4. The van der Waals surface area contributed by atoms with Crippen LogP contribution in [0, 0.1) is 0 Å². The van der Waals surface area contributed by atoms with Crippen molar-refractivity contribution in [3.05, 3.63) is 42.7 Å². The summed E-state index contributed by atoms with van der Waals surface area (Å²) in [6, 6.07) is 3.34. The Labute approximate surface area is 78.1 Å². The maximum atomic E-state index is 11.1. The first-order valence-electron chi connectivity index (χ1n) is 3.52. The fourth-order valence-electron chi connectivity index (χ4n) is 0.701. The highest BCUT2D eigenvalue weighted by Gasteiger charge is 2.03. The molecule has 1 aromatic heterocycles. The predicted octanol–water partition coefficient (Wildman–Crippen LogP) is 2.06. The Bertz CT molecular complexity index is 270. The van der Waals surface area contributed by atoms with E-state index in [1.54, 1.807) is 18.3 Å². The van der Waals surface area contributed by atoms with Crippen LogP contribution in [0.25, 0.3) is 0 Å². The van der Waals surface area contributed by atoms with Gasteiger partial charge in [-0.3, -0.25) is 4.98 Å². The normalized spacial score (nSPS) is 8.31. The van der Waals surface area contributed by atoms with Crippen LogP contribution in [0.4, 0.5) is 0 Å². The molecule has 13 heavy (non-hydrogen) atoms. The third-order valence-corrected chi connectivity index (χ3v) is 1.23. The summed E-state index contributed by atoms with van der Waals surface area (Å²) in [5.41, 5.74) is 0.458. The van der Waals surface area contributed by atoms with Gasteiger partial charge in [0.15, 0.2) is 0 Å². The molecule has 0 amide bonds. The number of carbonyl (C=O) groups is 1. The van der Waals surface area contributed by atoms with Crippen LogP contribution in [0.3, 0.4) is 0 Å². The summed E-state index contributed by atoms with van der Waals surface area (Å²) < 4.78 is 4.78. The zero-order chi connectivity index (χ0) is 8.81. The summed E-state index contributed by atoms with van der Waals surface area (Å²) in [7, 11) is 0. The standard InChI is InChI=1S/C9H9NO2.CH4/c1-2-6-12-9(11)8-4-3-5-10-7-8;/h2-5,7H,1,6H2;1H4. The molecule has 1 heterocycles. The van der Waals surface area contributed by atoms with E-state index in [4.69, 9.17) is 4.74 Å². The van der Waals surface area contributed by atoms with Crippen LogP contribution in [0.5, 0.6) is 0 Å². The van der Waals surface area contributed by atoms with Crippen molar-refractivity contribution in [2.75, 3.05) is 6.61 Å². The van der Waals surface area contributed by atoms with Crippen molar-refractivity contribution < 1.29 is 9.53 Å². The fourth-order valence-corrected chi connectivity index (χ4v) is 0.701. The van der Waals surface area contributed by atoms with Gasteiger partial charge < -0.3 is 4.74 Å². The SMILES string of the molecule is C.C=CCOC(=O)c1cccnc1. The number of nitrogens with zero attached hydrogens (tertiary/aromatic N) is 1. The minimum Gasteiger partial charge on any atom is -0.458 e. The van der Waals surface area contributed by atoms with Gasteiger partial charge in [-0.15, -0.1) is 0 Å². The maximum absolute atomic E-state index is 11.1. The minimum atomic E-state index is -0.372. The van der Waals surface area contributed by atoms with Gasteiger partial charge in [-0.25, -0.2) is 4.79 Å². The van der Waals surface area contributed by atoms with E-state index in [1.165, 1.54) is 12.3 Å². The lowest BCUT2D eigenvalue weighted by Gasteiger charge is -1.99. The van der Waals surface area contributed by atoms with Gasteiger partial charge in [0.1, 0.15) is 6.61 Å². The highest BCUT2D eigenvalue weighted by atomic mass is 16.5. The molecule has 0 radical (unpaired) electrons. The molecule has 0 N–H and O–H groups in total. The van der Waals surface area contributed by atoms with E-state index in [9.17, 15) is 4.79 Å². The molecule has 1 rings (SSSR count). The van der Waals surface area contributed by atoms with Crippen molar-refractivity contribution in [2.24, 2.45) is 0 Å². The molecule has 0 unspecified atom stereocenters. The van der Waals surface area contributed by atoms with Crippen LogP contribution in [0.15, 0.2) is 37.2 Å². The molecular formula is C10H13NO2. The second-order valence-corrected chi connectivity index (χ2v) is 2.13. The number of carbonyl (C=O) groups excluding carboxylic acids is 1. The number of ether oxygens (including phenoxy) is 1. The van der Waals surface area contributed by atoms with Crippen molar-refractivity contribution in [3.63, 3.8) is 0 Å². The van der Waals surface area contributed by atoms with Gasteiger partial charge >= 0.3 is 5.97 Å². The molecule has 3 nitrogen and oxygen atoms in total. The van der Waals surface area contributed by atoms with E-state index in [0.717, 1.165) is 0 Å². The highest BCUT2D eigenvalue weighted by molar-refractivity contribution is 5.88. The van der Waals surface area contributed by atoms with Crippen molar-refractivity contribution in [3.8, 4) is 0 Å². The Morgan fingerprint density at radius 2 is 2.46 bits per heavy atom. The van der Waals surface area contributed by atoms with Crippen molar-refractivity contribution >= 4 is 5.97 Å². The number of hydrogen-bond donors (Lipinski definition) is 0. The largest absolute Gasteiger partial charge is 0.458 e. The third-order valence-electron chi connectivity index (χ3n) is 1.23. The summed E-state index contributed by atoms with van der Waals surface area (Å²) in [6.45, 7) is 3.66. The van der Waals surface area contributed by atoms with E-state index < -0.39 is 0 Å². The van der Waals surface area contributed by atoms with Crippen molar-refractivity contribution in [2.45, 2.75) is 7.43 Å². The Morgan fingerprint density at radius 1 is 1.69 bits per heavy atom. The Balaban J connectivity index is 0.00000144. The quantitative estimate of drug-likeness (QED) is 0.526. The molecule has 0 saturated carbocycles. The lowest BCUT2D eigenvalue weighted by Crippen LogP contribution is -2.04. The van der Waals surface area contributed by atoms with Gasteiger partial charge in [-0.1, -0.05) is 20.1 Å². The Hall–Kier alpha value is -1.64. The van der Waals surface area contributed by atoms with Gasteiger partial charge in [0.25, 0.3) is 0 Å². The summed E-state index contributed by atoms with van der Waals surface area (Å²) in [5.74, 6) is -0.372. The van der Waals surface area contributed by atoms with Gasteiger partial charge in [0.2, 0.25) is 0 Å². The molecule has 0 aliphatic rings. The fraction of sp³-hybridized carbons (Fsp3) is 0.200. The molecule has 0 fully saturated rings. The second kappa shape index (κ2) is 5.94. The molecule has 3 heteroatoms. The van der Waals surface area contributed by atoms with E-state index in [0.29, 0.717) is 5.56 Å². The maximum Gasteiger partial charge on any atom is 0.340 e. The van der Waals surface area contributed by atoms with Crippen LogP contribution in [0.2, 0.25) is 0 Å². The molecule has 0 bridgehead atoms. The number of esters is 1. The summed E-state index contributed by atoms with van der Waals surface area (Å²) in [4.78, 5) is 14.9. The molecule has 0 aromatic carbocycles. The van der Waals surface area contributed by atoms with Crippen LogP contribution in [0.1, 0.15) is 17.8 Å². The van der Waals surface area contributed by atoms with E-state index in [2.05, 4.69) is 11.6 Å². The summed E-state index contributed by atoms with van der Waals surface area (Å²) in [5, 5.41) is 0. The predicted molar refractivity (Wildman–Crippen MR) is 51.4 cm³/mol.